The van der Waals surface area contributed by atoms with E-state index < -0.39 is 0 Å². The molecule has 2 amide bonds. The standard InChI is InChI=1S/C18H24N4O2/c23-18(21-14-7-10-24-16(11-14)13-4-5-13)19-8-6-15-12-22-9-2-1-3-17(22)20-15/h1-3,9,12-14,16H,4-8,10-11H2,(H2,19,21,23)/t14-,16-/m1/s1. The van der Waals surface area contributed by atoms with Gasteiger partial charge in [0.15, 0.2) is 0 Å². The van der Waals surface area contributed by atoms with Crippen LogP contribution in [-0.2, 0) is 11.2 Å². The van der Waals surface area contributed by atoms with Crippen molar-refractivity contribution in [1.29, 1.82) is 0 Å². The highest BCUT2D eigenvalue weighted by Crippen LogP contribution is 2.38. The molecule has 0 bridgehead atoms. The Morgan fingerprint density at radius 1 is 1.33 bits per heavy atom. The molecule has 0 spiro atoms. The van der Waals surface area contributed by atoms with Gasteiger partial charge in [-0.05, 0) is 43.7 Å². The fourth-order valence-corrected chi connectivity index (χ4v) is 3.40. The number of hydrogen-bond donors (Lipinski definition) is 2. The van der Waals surface area contributed by atoms with E-state index in [0.717, 1.165) is 43.1 Å². The molecule has 2 aromatic rings. The van der Waals surface area contributed by atoms with Gasteiger partial charge in [-0.1, -0.05) is 6.07 Å². The smallest absolute Gasteiger partial charge is 0.315 e. The third-order valence-electron chi connectivity index (χ3n) is 4.88. The molecule has 1 aliphatic heterocycles. The fourth-order valence-electron chi connectivity index (χ4n) is 3.40. The van der Waals surface area contributed by atoms with E-state index in [9.17, 15) is 4.79 Å². The summed E-state index contributed by atoms with van der Waals surface area (Å²) in [5, 5.41) is 6.03. The number of ether oxygens (including phenoxy) is 1. The Hall–Kier alpha value is -2.08. The monoisotopic (exact) mass is 328 g/mol. The predicted molar refractivity (Wildman–Crippen MR) is 90.9 cm³/mol. The van der Waals surface area contributed by atoms with Crippen LogP contribution in [0.5, 0.6) is 0 Å². The number of hydrogen-bond acceptors (Lipinski definition) is 3. The highest BCUT2D eigenvalue weighted by Gasteiger charge is 2.36. The van der Waals surface area contributed by atoms with Crippen molar-refractivity contribution >= 4 is 11.7 Å². The summed E-state index contributed by atoms with van der Waals surface area (Å²) in [5.74, 6) is 0.729. The second-order valence-electron chi connectivity index (χ2n) is 6.82. The van der Waals surface area contributed by atoms with Crippen LogP contribution in [0.1, 0.15) is 31.4 Å². The first-order valence-electron chi connectivity index (χ1n) is 8.86. The van der Waals surface area contributed by atoms with E-state index in [1.807, 2.05) is 35.0 Å². The van der Waals surface area contributed by atoms with Gasteiger partial charge < -0.3 is 19.8 Å². The maximum absolute atomic E-state index is 12.1. The zero-order valence-corrected chi connectivity index (χ0v) is 13.8. The number of pyridine rings is 1. The summed E-state index contributed by atoms with van der Waals surface area (Å²) in [6, 6.07) is 6.08. The minimum absolute atomic E-state index is 0.0831. The number of aromatic nitrogens is 2. The normalized spacial score (nSPS) is 24.0. The van der Waals surface area contributed by atoms with Crippen molar-refractivity contribution in [3.05, 3.63) is 36.3 Å². The van der Waals surface area contributed by atoms with Gasteiger partial charge in [-0.15, -0.1) is 0 Å². The Morgan fingerprint density at radius 3 is 3.08 bits per heavy atom. The minimum atomic E-state index is -0.0831. The van der Waals surface area contributed by atoms with Gasteiger partial charge in [-0.3, -0.25) is 0 Å². The van der Waals surface area contributed by atoms with Crippen LogP contribution in [-0.4, -0.2) is 40.7 Å². The molecule has 0 aromatic carbocycles. The molecule has 2 aromatic heterocycles. The lowest BCUT2D eigenvalue weighted by Gasteiger charge is -2.30. The van der Waals surface area contributed by atoms with Crippen LogP contribution >= 0.6 is 0 Å². The lowest BCUT2D eigenvalue weighted by molar-refractivity contribution is -0.00913. The molecule has 2 aliphatic rings. The second kappa shape index (κ2) is 6.81. The molecule has 1 saturated carbocycles. The Kier molecular flexibility index (Phi) is 4.38. The second-order valence-corrected chi connectivity index (χ2v) is 6.82. The molecule has 4 rings (SSSR count). The molecular weight excluding hydrogens is 304 g/mol. The molecule has 2 N–H and O–H groups in total. The molecule has 0 unspecified atom stereocenters. The van der Waals surface area contributed by atoms with Gasteiger partial charge in [-0.25, -0.2) is 9.78 Å². The van der Waals surface area contributed by atoms with Crippen molar-refractivity contribution in [2.75, 3.05) is 13.2 Å². The largest absolute Gasteiger partial charge is 0.378 e. The summed E-state index contributed by atoms with van der Waals surface area (Å²) < 4.78 is 7.79. The lowest BCUT2D eigenvalue weighted by Crippen LogP contribution is -2.47. The van der Waals surface area contributed by atoms with Crippen molar-refractivity contribution < 1.29 is 9.53 Å². The van der Waals surface area contributed by atoms with E-state index in [-0.39, 0.29) is 12.1 Å². The summed E-state index contributed by atoms with van der Waals surface area (Å²) in [6.07, 6.45) is 9.48. The van der Waals surface area contributed by atoms with Crippen LogP contribution in [0.2, 0.25) is 0 Å². The minimum Gasteiger partial charge on any atom is -0.378 e. The summed E-state index contributed by atoms with van der Waals surface area (Å²) in [6.45, 7) is 1.35. The van der Waals surface area contributed by atoms with Crippen molar-refractivity contribution in [2.45, 2.75) is 44.2 Å². The van der Waals surface area contributed by atoms with E-state index in [1.165, 1.54) is 12.8 Å². The van der Waals surface area contributed by atoms with Crippen LogP contribution in [0.25, 0.3) is 5.65 Å². The van der Waals surface area contributed by atoms with E-state index in [4.69, 9.17) is 4.74 Å². The molecule has 6 nitrogen and oxygen atoms in total. The number of carbonyl (C=O) groups is 1. The van der Waals surface area contributed by atoms with Gasteiger partial charge in [0, 0.05) is 38.0 Å². The van der Waals surface area contributed by atoms with Crippen molar-refractivity contribution in [3.8, 4) is 0 Å². The quantitative estimate of drug-likeness (QED) is 0.883. The SMILES string of the molecule is O=C(NCCc1cn2ccccc2n1)N[C@@H]1CCO[C@@H](C2CC2)C1. The Balaban J connectivity index is 1.21. The topological polar surface area (TPSA) is 67.7 Å². The highest BCUT2D eigenvalue weighted by atomic mass is 16.5. The van der Waals surface area contributed by atoms with Crippen LogP contribution in [0, 0.1) is 5.92 Å². The molecule has 128 valence electrons. The molecular formula is C18H24N4O2. The number of fused-ring (bicyclic) bond motifs is 1. The average Bonchev–Trinajstić information content (AvgIpc) is 3.35. The maximum atomic E-state index is 12.1. The summed E-state index contributed by atoms with van der Waals surface area (Å²) >= 11 is 0. The molecule has 2 atom stereocenters. The van der Waals surface area contributed by atoms with Gasteiger partial charge in [0.05, 0.1) is 11.8 Å². The van der Waals surface area contributed by atoms with Gasteiger partial charge in [0.25, 0.3) is 0 Å². The molecule has 1 aliphatic carbocycles. The molecule has 1 saturated heterocycles. The van der Waals surface area contributed by atoms with E-state index in [2.05, 4.69) is 15.6 Å². The number of nitrogens with zero attached hydrogens (tertiary/aromatic N) is 2. The summed E-state index contributed by atoms with van der Waals surface area (Å²) in [4.78, 5) is 16.6. The highest BCUT2D eigenvalue weighted by molar-refractivity contribution is 5.74. The Bertz CT molecular complexity index is 677. The lowest BCUT2D eigenvalue weighted by atomic mass is 10.0. The first kappa shape index (κ1) is 15.4. The van der Waals surface area contributed by atoms with Crippen LogP contribution in [0.15, 0.2) is 30.6 Å². The van der Waals surface area contributed by atoms with Gasteiger partial charge in [0.2, 0.25) is 0 Å². The van der Waals surface area contributed by atoms with Crippen LogP contribution < -0.4 is 10.6 Å². The maximum Gasteiger partial charge on any atom is 0.315 e. The zero-order chi connectivity index (χ0) is 16.4. The molecule has 3 heterocycles. The molecule has 0 radical (unpaired) electrons. The summed E-state index contributed by atoms with van der Waals surface area (Å²) in [7, 11) is 0. The zero-order valence-electron chi connectivity index (χ0n) is 13.8. The van der Waals surface area contributed by atoms with Gasteiger partial charge in [0.1, 0.15) is 5.65 Å². The van der Waals surface area contributed by atoms with Crippen LogP contribution in [0.4, 0.5) is 4.79 Å². The Labute approximate surface area is 141 Å². The molecule has 2 fully saturated rings. The number of rotatable bonds is 5. The van der Waals surface area contributed by atoms with E-state index in [0.29, 0.717) is 12.6 Å². The van der Waals surface area contributed by atoms with Crippen LogP contribution in [0.3, 0.4) is 0 Å². The Morgan fingerprint density at radius 2 is 2.25 bits per heavy atom. The molecule has 6 heteroatoms. The number of carbonyl (C=O) groups excluding carboxylic acids is 1. The number of amides is 2. The fraction of sp³-hybridized carbons (Fsp3) is 0.556. The first-order chi connectivity index (χ1) is 11.8. The third-order valence-corrected chi connectivity index (χ3v) is 4.88. The molecule has 24 heavy (non-hydrogen) atoms. The number of nitrogens with one attached hydrogen (secondary N) is 2. The van der Waals surface area contributed by atoms with Gasteiger partial charge in [-0.2, -0.15) is 0 Å². The van der Waals surface area contributed by atoms with Gasteiger partial charge >= 0.3 is 6.03 Å². The average molecular weight is 328 g/mol. The first-order valence-corrected chi connectivity index (χ1v) is 8.86. The summed E-state index contributed by atoms with van der Waals surface area (Å²) in [5.41, 5.74) is 1.92. The van der Waals surface area contributed by atoms with Crippen molar-refractivity contribution in [3.63, 3.8) is 0 Å². The van der Waals surface area contributed by atoms with E-state index >= 15 is 0 Å². The number of imidazole rings is 1. The van der Waals surface area contributed by atoms with Crippen molar-refractivity contribution in [1.82, 2.24) is 20.0 Å². The predicted octanol–water partition coefficient (Wildman–Crippen LogP) is 2.13. The number of urea groups is 1. The van der Waals surface area contributed by atoms with Crippen molar-refractivity contribution in [2.24, 2.45) is 5.92 Å². The third kappa shape index (κ3) is 3.70. The van der Waals surface area contributed by atoms with E-state index in [1.54, 1.807) is 0 Å².